The number of ketones is 3. The molecule has 2 aliphatic rings. The topological polar surface area (TPSA) is 122 Å². The van der Waals surface area contributed by atoms with Gasteiger partial charge in [0.2, 0.25) is 11.8 Å². The number of benzene rings is 2. The van der Waals surface area contributed by atoms with Crippen LogP contribution >= 0.6 is 0 Å². The Morgan fingerprint density at radius 3 is 1.89 bits per heavy atom. The number of rotatable bonds is 25. The number of carbonyl (C=O) groups excluding carboxylic acids is 5. The number of nitrogens with one attached hydrogen (secondary N) is 2. The zero-order chi connectivity index (χ0) is 39.8. The van der Waals surface area contributed by atoms with Gasteiger partial charge in [0.25, 0.3) is 0 Å². The van der Waals surface area contributed by atoms with Crippen LogP contribution in [-0.2, 0) is 41.6 Å². The Labute approximate surface area is 330 Å². The number of Topliss-reactive ketones (excluding diaryl/α,β-unsaturated/α-hetero) is 3. The maximum atomic E-state index is 14.3. The first-order chi connectivity index (χ1) is 26.3. The molecule has 2 N–H and O–H groups in total. The second-order valence-electron chi connectivity index (χ2n) is 17.2. The number of unbranched alkanes of at least 4 members (excludes halogenated alkanes) is 1. The van der Waals surface area contributed by atoms with Crippen molar-refractivity contribution in [3.63, 3.8) is 0 Å². The Balaban J connectivity index is 1.46. The van der Waals surface area contributed by atoms with Crippen LogP contribution in [0.15, 0.2) is 60.7 Å². The van der Waals surface area contributed by atoms with Gasteiger partial charge in [0.05, 0.1) is 25.3 Å². The van der Waals surface area contributed by atoms with Crippen molar-refractivity contribution in [2.24, 2.45) is 29.1 Å². The second kappa shape index (κ2) is 22.2. The fraction of sp³-hybridized carbons (Fsp3) is 0.630. The minimum absolute atomic E-state index is 0.0621. The number of morpholine rings is 1. The normalized spacial score (nSPS) is 17.6. The maximum absolute atomic E-state index is 14.3. The van der Waals surface area contributed by atoms with Crippen molar-refractivity contribution in [2.75, 3.05) is 32.8 Å². The van der Waals surface area contributed by atoms with Crippen molar-refractivity contribution in [3.8, 4) is 0 Å². The Morgan fingerprint density at radius 2 is 1.29 bits per heavy atom. The third-order valence-corrected chi connectivity index (χ3v) is 11.2. The largest absolute Gasteiger partial charge is 0.379 e. The highest BCUT2D eigenvalue weighted by atomic mass is 16.5. The average molecular weight is 758 g/mol. The third-order valence-electron chi connectivity index (χ3n) is 11.2. The molecule has 9 nitrogen and oxygen atoms in total. The van der Waals surface area contributed by atoms with Crippen molar-refractivity contribution < 1.29 is 28.7 Å². The molecule has 4 atom stereocenters. The predicted octanol–water partition coefficient (Wildman–Crippen LogP) is 6.95. The van der Waals surface area contributed by atoms with Crippen LogP contribution in [0.4, 0.5) is 0 Å². The zero-order valence-corrected chi connectivity index (χ0v) is 34.2. The highest BCUT2D eigenvalue weighted by molar-refractivity contribution is 5.97. The van der Waals surface area contributed by atoms with E-state index in [1.165, 1.54) is 0 Å². The molecule has 1 saturated heterocycles. The van der Waals surface area contributed by atoms with Crippen LogP contribution in [0.3, 0.4) is 0 Å². The number of amides is 2. The summed E-state index contributed by atoms with van der Waals surface area (Å²) >= 11 is 0. The molecule has 55 heavy (non-hydrogen) atoms. The lowest BCUT2D eigenvalue weighted by molar-refractivity contribution is -0.135. The summed E-state index contributed by atoms with van der Waals surface area (Å²) in [6.07, 6.45) is 6.22. The Hall–Kier alpha value is -3.69. The van der Waals surface area contributed by atoms with Gasteiger partial charge < -0.3 is 15.4 Å². The summed E-state index contributed by atoms with van der Waals surface area (Å²) in [7, 11) is 0. The number of hydrogen-bond donors (Lipinski definition) is 2. The van der Waals surface area contributed by atoms with E-state index in [4.69, 9.17) is 4.74 Å². The lowest BCUT2D eigenvalue weighted by Crippen LogP contribution is -2.49. The summed E-state index contributed by atoms with van der Waals surface area (Å²) in [4.78, 5) is 71.7. The average Bonchev–Trinajstić information content (AvgIpc) is 3.92. The van der Waals surface area contributed by atoms with Gasteiger partial charge in [-0.25, -0.2) is 0 Å². The van der Waals surface area contributed by atoms with E-state index >= 15 is 0 Å². The summed E-state index contributed by atoms with van der Waals surface area (Å²) in [5.41, 5.74) is 1.61. The van der Waals surface area contributed by atoms with Crippen molar-refractivity contribution in [1.82, 2.24) is 15.5 Å². The number of ether oxygens (including phenoxy) is 1. The molecule has 0 aromatic heterocycles. The zero-order valence-electron chi connectivity index (χ0n) is 34.2. The molecule has 2 fully saturated rings. The van der Waals surface area contributed by atoms with Crippen LogP contribution in [0.2, 0.25) is 0 Å². The summed E-state index contributed by atoms with van der Waals surface area (Å²) in [5, 5.41) is 6.16. The summed E-state index contributed by atoms with van der Waals surface area (Å²) in [5.74, 6) is -1.68. The molecule has 2 aromatic rings. The molecule has 2 amide bonds. The number of aryl methyl sites for hydroxylation is 1. The Kier molecular flexibility index (Phi) is 17.7. The quantitative estimate of drug-likeness (QED) is 0.105. The number of hydrogen-bond acceptors (Lipinski definition) is 7. The second-order valence-corrected chi connectivity index (χ2v) is 17.2. The van der Waals surface area contributed by atoms with Crippen molar-refractivity contribution in [1.29, 1.82) is 0 Å². The molecule has 1 saturated carbocycles. The molecule has 0 spiro atoms. The van der Waals surface area contributed by atoms with Gasteiger partial charge in [-0.05, 0) is 87.3 Å². The van der Waals surface area contributed by atoms with E-state index < -0.39 is 29.3 Å². The summed E-state index contributed by atoms with van der Waals surface area (Å²) in [6.45, 7) is 14.3. The van der Waals surface area contributed by atoms with Gasteiger partial charge in [-0.2, -0.15) is 0 Å². The minimum atomic E-state index is -0.806. The van der Waals surface area contributed by atoms with Crippen LogP contribution in [0.1, 0.15) is 110 Å². The first-order valence-corrected chi connectivity index (χ1v) is 20.9. The van der Waals surface area contributed by atoms with E-state index in [-0.39, 0.29) is 53.8 Å². The van der Waals surface area contributed by atoms with E-state index in [1.807, 2.05) is 95.3 Å². The first-order valence-electron chi connectivity index (χ1n) is 20.9. The SMILES string of the molecule is CC(C)CC(NC(=O)C(CC(=O)[C@H](CC(C)C)NC(=O)[C@H](CCc1ccccc1)CC(=O)CCCCN1CCOCC1)Cc1ccccc1)C(=O)C1(C)CC1. The molecular weight excluding hydrogens is 691 g/mol. The molecule has 1 heterocycles. The molecular formula is C46H67N3O6. The molecule has 1 aliphatic carbocycles. The smallest absolute Gasteiger partial charge is 0.224 e. The van der Waals surface area contributed by atoms with Crippen LogP contribution in [0.5, 0.6) is 0 Å². The lowest BCUT2D eigenvalue weighted by Gasteiger charge is -2.27. The number of nitrogens with zero attached hydrogens (tertiary/aromatic N) is 1. The van der Waals surface area contributed by atoms with E-state index in [1.54, 1.807) is 0 Å². The highest BCUT2D eigenvalue weighted by Crippen LogP contribution is 2.47. The molecule has 2 unspecified atom stereocenters. The molecule has 9 heteroatoms. The van der Waals surface area contributed by atoms with Gasteiger partial charge in [0.1, 0.15) is 5.78 Å². The standard InChI is InChI=1S/C46H67N3O6/c1-33(2)28-40(42(51)32-38(30-36-16-10-7-11-17-36)45(54)48-41(29-34(3)4)43(52)46(5)21-22-46)47-44(53)37(20-19-35-14-8-6-9-15-35)31-39(50)18-12-13-23-49-24-26-55-27-25-49/h6-11,14-17,33-34,37-38,40-41H,12-13,18-32H2,1-5H3,(H,47,53)(H,48,54)/t37-,38?,40+,41?/m1/s1. The van der Waals surface area contributed by atoms with E-state index in [9.17, 15) is 24.0 Å². The van der Waals surface area contributed by atoms with Gasteiger partial charge in [-0.15, -0.1) is 0 Å². The van der Waals surface area contributed by atoms with Crippen molar-refractivity contribution >= 4 is 29.2 Å². The van der Waals surface area contributed by atoms with Crippen LogP contribution in [0, 0.1) is 29.1 Å². The van der Waals surface area contributed by atoms with Crippen LogP contribution in [0.25, 0.3) is 0 Å². The van der Waals surface area contributed by atoms with E-state index in [0.29, 0.717) is 38.5 Å². The highest BCUT2D eigenvalue weighted by Gasteiger charge is 2.48. The van der Waals surface area contributed by atoms with Crippen LogP contribution in [-0.4, -0.2) is 79.0 Å². The molecule has 2 aromatic carbocycles. The first kappa shape index (κ1) is 44.0. The molecule has 0 bridgehead atoms. The third kappa shape index (κ3) is 15.4. The van der Waals surface area contributed by atoms with Gasteiger partial charge in [-0.1, -0.05) is 95.3 Å². The van der Waals surface area contributed by atoms with Gasteiger partial charge in [-0.3, -0.25) is 28.9 Å². The summed E-state index contributed by atoms with van der Waals surface area (Å²) < 4.78 is 5.44. The minimum Gasteiger partial charge on any atom is -0.379 e. The number of carbonyl (C=O) groups is 5. The Bertz CT molecular complexity index is 1520. The molecule has 4 rings (SSSR count). The van der Waals surface area contributed by atoms with E-state index in [0.717, 1.165) is 69.7 Å². The molecule has 1 aliphatic heterocycles. The fourth-order valence-electron chi connectivity index (χ4n) is 7.59. The maximum Gasteiger partial charge on any atom is 0.224 e. The van der Waals surface area contributed by atoms with Crippen LogP contribution < -0.4 is 10.6 Å². The van der Waals surface area contributed by atoms with E-state index in [2.05, 4.69) is 15.5 Å². The lowest BCUT2D eigenvalue weighted by atomic mass is 9.87. The van der Waals surface area contributed by atoms with Crippen molar-refractivity contribution in [2.45, 2.75) is 124 Å². The Morgan fingerprint density at radius 1 is 0.727 bits per heavy atom. The van der Waals surface area contributed by atoms with Crippen molar-refractivity contribution in [3.05, 3.63) is 71.8 Å². The molecule has 302 valence electrons. The summed E-state index contributed by atoms with van der Waals surface area (Å²) in [6, 6.07) is 18.1. The predicted molar refractivity (Wildman–Crippen MR) is 217 cm³/mol. The van der Waals surface area contributed by atoms with Gasteiger partial charge in [0.15, 0.2) is 11.6 Å². The van der Waals surface area contributed by atoms with Gasteiger partial charge in [0, 0.05) is 49.6 Å². The monoisotopic (exact) mass is 758 g/mol. The van der Waals surface area contributed by atoms with Gasteiger partial charge >= 0.3 is 0 Å². The fourth-order valence-corrected chi connectivity index (χ4v) is 7.59. The molecule has 0 radical (unpaired) electrons.